The maximum Gasteiger partial charge on any atom is 0.151 e. The standard InChI is InChI=1S/C13H19FN2O2S/c14-12-4-2-11(3-5-12)13(10-15)16-6-1-8-19(17,18)9-7-16/h2-5,13H,1,6-10,15H2. The van der Waals surface area contributed by atoms with Gasteiger partial charge in [-0.1, -0.05) is 12.1 Å². The fraction of sp³-hybridized carbons (Fsp3) is 0.538. The number of nitrogens with two attached hydrogens (primary N) is 1. The minimum atomic E-state index is -2.93. The van der Waals surface area contributed by atoms with E-state index in [-0.39, 0.29) is 23.4 Å². The summed E-state index contributed by atoms with van der Waals surface area (Å²) in [6.45, 7) is 1.59. The van der Waals surface area contributed by atoms with E-state index in [1.165, 1.54) is 12.1 Å². The Morgan fingerprint density at radius 1 is 1.21 bits per heavy atom. The van der Waals surface area contributed by atoms with Crippen molar-refractivity contribution in [3.63, 3.8) is 0 Å². The van der Waals surface area contributed by atoms with Gasteiger partial charge in [0.15, 0.2) is 9.84 Å². The zero-order valence-corrected chi connectivity index (χ0v) is 11.6. The van der Waals surface area contributed by atoms with Crippen LogP contribution in [0, 0.1) is 5.82 Å². The van der Waals surface area contributed by atoms with E-state index in [1.54, 1.807) is 12.1 Å². The molecule has 1 heterocycles. The smallest absolute Gasteiger partial charge is 0.151 e. The van der Waals surface area contributed by atoms with Crippen LogP contribution < -0.4 is 5.73 Å². The molecule has 2 rings (SSSR count). The van der Waals surface area contributed by atoms with Crippen molar-refractivity contribution in [3.8, 4) is 0 Å². The van der Waals surface area contributed by atoms with Crippen molar-refractivity contribution in [1.82, 2.24) is 4.90 Å². The van der Waals surface area contributed by atoms with Crippen LogP contribution in [0.1, 0.15) is 18.0 Å². The van der Waals surface area contributed by atoms with Gasteiger partial charge in [-0.15, -0.1) is 0 Å². The van der Waals surface area contributed by atoms with E-state index in [2.05, 4.69) is 4.90 Å². The van der Waals surface area contributed by atoms with Gasteiger partial charge in [0, 0.05) is 19.1 Å². The summed E-state index contributed by atoms with van der Waals surface area (Å²) in [5.41, 5.74) is 6.74. The first-order chi connectivity index (χ1) is 9.02. The molecule has 1 aromatic rings. The molecule has 0 aromatic heterocycles. The van der Waals surface area contributed by atoms with Gasteiger partial charge >= 0.3 is 0 Å². The monoisotopic (exact) mass is 286 g/mol. The van der Waals surface area contributed by atoms with Gasteiger partial charge in [-0.05, 0) is 30.7 Å². The average Bonchev–Trinajstić information content (AvgIpc) is 2.54. The summed E-state index contributed by atoms with van der Waals surface area (Å²) < 4.78 is 36.1. The Kier molecular flexibility index (Phi) is 4.54. The number of hydrogen-bond acceptors (Lipinski definition) is 4. The summed E-state index contributed by atoms with van der Waals surface area (Å²) in [5, 5.41) is 0. The van der Waals surface area contributed by atoms with E-state index in [0.717, 1.165) is 5.56 Å². The lowest BCUT2D eigenvalue weighted by molar-refractivity contribution is 0.218. The van der Waals surface area contributed by atoms with Crippen molar-refractivity contribution < 1.29 is 12.8 Å². The van der Waals surface area contributed by atoms with E-state index in [0.29, 0.717) is 26.1 Å². The molecule has 1 saturated heterocycles. The van der Waals surface area contributed by atoms with E-state index in [4.69, 9.17) is 5.73 Å². The zero-order chi connectivity index (χ0) is 13.9. The number of sulfone groups is 1. The van der Waals surface area contributed by atoms with Crippen LogP contribution in [0.15, 0.2) is 24.3 Å². The van der Waals surface area contributed by atoms with Crippen molar-refractivity contribution in [3.05, 3.63) is 35.6 Å². The molecule has 2 N–H and O–H groups in total. The Morgan fingerprint density at radius 3 is 2.53 bits per heavy atom. The molecular weight excluding hydrogens is 267 g/mol. The van der Waals surface area contributed by atoms with Gasteiger partial charge in [-0.3, -0.25) is 4.90 Å². The van der Waals surface area contributed by atoms with Gasteiger partial charge in [0.05, 0.1) is 11.5 Å². The number of hydrogen-bond donors (Lipinski definition) is 1. The lowest BCUT2D eigenvalue weighted by Crippen LogP contribution is -2.35. The largest absolute Gasteiger partial charge is 0.329 e. The Labute approximate surface area is 113 Å². The predicted octanol–water partition coefficient (Wildman–Crippen LogP) is 0.946. The lowest BCUT2D eigenvalue weighted by atomic mass is 10.1. The molecule has 1 fully saturated rings. The Morgan fingerprint density at radius 2 is 1.89 bits per heavy atom. The molecule has 6 heteroatoms. The summed E-state index contributed by atoms with van der Waals surface area (Å²) in [5.74, 6) is 0.132. The van der Waals surface area contributed by atoms with Crippen LogP contribution >= 0.6 is 0 Å². The molecule has 0 amide bonds. The minimum absolute atomic E-state index is 0.0473. The first-order valence-electron chi connectivity index (χ1n) is 6.42. The fourth-order valence-corrected chi connectivity index (χ4v) is 3.74. The Balaban J connectivity index is 2.15. The second-order valence-corrected chi connectivity index (χ2v) is 7.15. The molecule has 4 nitrogen and oxygen atoms in total. The summed E-state index contributed by atoms with van der Waals surface area (Å²) in [4.78, 5) is 2.08. The first kappa shape index (κ1) is 14.4. The first-order valence-corrected chi connectivity index (χ1v) is 8.24. The maximum atomic E-state index is 12.9. The highest BCUT2D eigenvalue weighted by Gasteiger charge is 2.24. The summed E-state index contributed by atoms with van der Waals surface area (Å²) in [7, 11) is -2.93. The topological polar surface area (TPSA) is 63.4 Å². The Bertz CT molecular complexity index is 516. The average molecular weight is 286 g/mol. The summed E-state index contributed by atoms with van der Waals surface area (Å²) in [6.07, 6.45) is 0.625. The van der Waals surface area contributed by atoms with Gasteiger partial charge in [-0.25, -0.2) is 12.8 Å². The van der Waals surface area contributed by atoms with Crippen molar-refractivity contribution >= 4 is 9.84 Å². The maximum absolute atomic E-state index is 12.9. The second kappa shape index (κ2) is 5.98. The van der Waals surface area contributed by atoms with E-state index in [1.807, 2.05) is 0 Å². The van der Waals surface area contributed by atoms with Crippen molar-refractivity contribution in [2.75, 3.05) is 31.1 Å². The quantitative estimate of drug-likeness (QED) is 0.898. The van der Waals surface area contributed by atoms with Crippen LogP contribution in [0.4, 0.5) is 4.39 Å². The molecule has 1 aromatic carbocycles. The molecule has 0 aliphatic carbocycles. The molecule has 0 spiro atoms. The number of rotatable bonds is 3. The molecule has 1 atom stereocenters. The molecule has 0 radical (unpaired) electrons. The highest BCUT2D eigenvalue weighted by atomic mass is 32.2. The van der Waals surface area contributed by atoms with Crippen LogP contribution in [0.3, 0.4) is 0 Å². The van der Waals surface area contributed by atoms with Crippen LogP contribution in [0.5, 0.6) is 0 Å². The molecule has 1 aliphatic heterocycles. The van der Waals surface area contributed by atoms with Crippen LogP contribution in [-0.4, -0.2) is 44.5 Å². The third-order valence-corrected chi connectivity index (χ3v) is 5.22. The third kappa shape index (κ3) is 3.75. The van der Waals surface area contributed by atoms with Gasteiger partial charge in [0.1, 0.15) is 5.82 Å². The van der Waals surface area contributed by atoms with E-state index < -0.39 is 9.84 Å². The predicted molar refractivity (Wildman–Crippen MR) is 73.0 cm³/mol. The van der Waals surface area contributed by atoms with Crippen LogP contribution in [0.25, 0.3) is 0 Å². The van der Waals surface area contributed by atoms with Gasteiger partial charge in [0.2, 0.25) is 0 Å². The van der Waals surface area contributed by atoms with Gasteiger partial charge in [0.25, 0.3) is 0 Å². The molecular formula is C13H19FN2O2S. The second-order valence-electron chi connectivity index (χ2n) is 4.84. The molecule has 0 bridgehead atoms. The van der Waals surface area contributed by atoms with Gasteiger partial charge in [-0.2, -0.15) is 0 Å². The van der Waals surface area contributed by atoms with E-state index >= 15 is 0 Å². The minimum Gasteiger partial charge on any atom is -0.329 e. The molecule has 106 valence electrons. The number of benzene rings is 1. The van der Waals surface area contributed by atoms with Crippen molar-refractivity contribution in [2.24, 2.45) is 5.73 Å². The van der Waals surface area contributed by atoms with Gasteiger partial charge < -0.3 is 5.73 Å². The normalized spacial score (nSPS) is 21.8. The zero-order valence-electron chi connectivity index (χ0n) is 10.8. The molecule has 1 aliphatic rings. The fourth-order valence-electron chi connectivity index (χ4n) is 2.45. The summed E-state index contributed by atoms with van der Waals surface area (Å²) >= 11 is 0. The highest BCUT2D eigenvalue weighted by molar-refractivity contribution is 7.91. The molecule has 1 unspecified atom stereocenters. The van der Waals surface area contributed by atoms with Crippen LogP contribution in [-0.2, 0) is 9.84 Å². The molecule has 0 saturated carbocycles. The number of nitrogens with zero attached hydrogens (tertiary/aromatic N) is 1. The molecule has 19 heavy (non-hydrogen) atoms. The van der Waals surface area contributed by atoms with Crippen molar-refractivity contribution in [2.45, 2.75) is 12.5 Å². The third-order valence-electron chi connectivity index (χ3n) is 3.51. The Hall–Kier alpha value is -0.980. The van der Waals surface area contributed by atoms with E-state index in [9.17, 15) is 12.8 Å². The van der Waals surface area contributed by atoms with Crippen LogP contribution in [0.2, 0.25) is 0 Å². The highest BCUT2D eigenvalue weighted by Crippen LogP contribution is 2.22. The summed E-state index contributed by atoms with van der Waals surface area (Å²) in [6, 6.07) is 6.20. The SMILES string of the molecule is NCC(c1ccc(F)cc1)N1CCCS(=O)(=O)CC1. The lowest BCUT2D eigenvalue weighted by Gasteiger charge is -2.29. The van der Waals surface area contributed by atoms with Crippen molar-refractivity contribution in [1.29, 1.82) is 0 Å². The number of halogens is 1.